The molecule has 3 aromatic rings. The van der Waals surface area contributed by atoms with Crippen LogP contribution >= 0.6 is 0 Å². The van der Waals surface area contributed by atoms with Crippen LogP contribution < -0.4 is 4.72 Å². The monoisotopic (exact) mass is 376 g/mol. The van der Waals surface area contributed by atoms with Gasteiger partial charge in [0.25, 0.3) is 0 Å². The van der Waals surface area contributed by atoms with Crippen molar-refractivity contribution in [2.24, 2.45) is 0 Å². The SMILES string of the molecule is Cc1ccc(C(CCO)c2c[nH]c3c(NS(C)(=O)=O)cccc23)cc1F. The van der Waals surface area contributed by atoms with Gasteiger partial charge in [-0.1, -0.05) is 24.3 Å². The van der Waals surface area contributed by atoms with Crippen LogP contribution in [0.2, 0.25) is 0 Å². The van der Waals surface area contributed by atoms with Crippen molar-refractivity contribution < 1.29 is 17.9 Å². The van der Waals surface area contributed by atoms with E-state index >= 15 is 0 Å². The summed E-state index contributed by atoms with van der Waals surface area (Å²) in [5.41, 5.74) is 3.33. The minimum Gasteiger partial charge on any atom is -0.396 e. The number of aryl methyl sites for hydroxylation is 1. The van der Waals surface area contributed by atoms with Crippen LogP contribution in [-0.4, -0.2) is 31.4 Å². The highest BCUT2D eigenvalue weighted by Crippen LogP contribution is 2.36. The van der Waals surface area contributed by atoms with E-state index in [1.807, 2.05) is 12.1 Å². The van der Waals surface area contributed by atoms with Gasteiger partial charge in [0.05, 0.1) is 17.5 Å². The molecule has 5 nitrogen and oxygen atoms in total. The van der Waals surface area contributed by atoms with Gasteiger partial charge in [0.2, 0.25) is 10.0 Å². The molecule has 138 valence electrons. The quantitative estimate of drug-likeness (QED) is 0.616. The molecular weight excluding hydrogens is 355 g/mol. The van der Waals surface area contributed by atoms with E-state index in [1.165, 1.54) is 6.07 Å². The Morgan fingerprint density at radius 1 is 1.27 bits per heavy atom. The van der Waals surface area contributed by atoms with Crippen molar-refractivity contribution in [3.05, 3.63) is 65.1 Å². The number of aliphatic hydroxyl groups excluding tert-OH is 1. The first kappa shape index (κ1) is 18.4. The van der Waals surface area contributed by atoms with Crippen LogP contribution in [0.25, 0.3) is 10.9 Å². The molecule has 0 saturated carbocycles. The zero-order valence-corrected chi connectivity index (χ0v) is 15.4. The number of rotatable bonds is 6. The number of hydrogen-bond acceptors (Lipinski definition) is 3. The van der Waals surface area contributed by atoms with E-state index in [9.17, 15) is 17.9 Å². The molecule has 1 atom stereocenters. The van der Waals surface area contributed by atoms with E-state index < -0.39 is 10.0 Å². The summed E-state index contributed by atoms with van der Waals surface area (Å²) >= 11 is 0. The molecule has 3 N–H and O–H groups in total. The predicted molar refractivity (Wildman–Crippen MR) is 101 cm³/mol. The van der Waals surface area contributed by atoms with E-state index in [2.05, 4.69) is 9.71 Å². The van der Waals surface area contributed by atoms with Gasteiger partial charge in [-0.3, -0.25) is 4.72 Å². The van der Waals surface area contributed by atoms with Crippen LogP contribution in [0, 0.1) is 12.7 Å². The Labute approximate surface area is 151 Å². The second-order valence-electron chi connectivity index (χ2n) is 6.42. The molecule has 0 aliphatic carbocycles. The summed E-state index contributed by atoms with van der Waals surface area (Å²) < 4.78 is 39.7. The van der Waals surface area contributed by atoms with E-state index in [0.29, 0.717) is 23.2 Å². The normalized spacial score (nSPS) is 13.1. The predicted octanol–water partition coefficient (Wildman–Crippen LogP) is 3.50. The van der Waals surface area contributed by atoms with Crippen molar-refractivity contribution in [3.63, 3.8) is 0 Å². The lowest BCUT2D eigenvalue weighted by Crippen LogP contribution is -2.09. The number of aromatic amines is 1. The second-order valence-corrected chi connectivity index (χ2v) is 8.17. The Hall–Kier alpha value is -2.38. The molecule has 1 unspecified atom stereocenters. The van der Waals surface area contributed by atoms with Crippen LogP contribution in [0.5, 0.6) is 0 Å². The lowest BCUT2D eigenvalue weighted by Gasteiger charge is -2.17. The van der Waals surface area contributed by atoms with Crippen molar-refractivity contribution in [2.45, 2.75) is 19.3 Å². The van der Waals surface area contributed by atoms with E-state index in [1.54, 1.807) is 31.3 Å². The molecule has 0 saturated heterocycles. The van der Waals surface area contributed by atoms with Crippen LogP contribution in [0.1, 0.15) is 29.0 Å². The van der Waals surface area contributed by atoms with Gasteiger partial charge in [0.1, 0.15) is 5.82 Å². The minimum absolute atomic E-state index is 0.0475. The summed E-state index contributed by atoms with van der Waals surface area (Å²) in [6.07, 6.45) is 3.31. The molecule has 1 aromatic heterocycles. The number of benzene rings is 2. The Morgan fingerprint density at radius 2 is 2.04 bits per heavy atom. The van der Waals surface area contributed by atoms with Crippen LogP contribution in [0.4, 0.5) is 10.1 Å². The molecule has 0 fully saturated rings. The number of para-hydroxylation sites is 1. The van der Waals surface area contributed by atoms with Gasteiger partial charge in [-0.05, 0) is 42.2 Å². The molecule has 2 aromatic carbocycles. The zero-order valence-electron chi connectivity index (χ0n) is 14.6. The lowest BCUT2D eigenvalue weighted by molar-refractivity contribution is 0.281. The third-order valence-electron chi connectivity index (χ3n) is 4.43. The molecule has 0 radical (unpaired) electrons. The lowest BCUT2D eigenvalue weighted by atomic mass is 9.88. The van der Waals surface area contributed by atoms with E-state index in [0.717, 1.165) is 22.8 Å². The average Bonchev–Trinajstić information content (AvgIpc) is 2.99. The maximum atomic E-state index is 14.0. The van der Waals surface area contributed by atoms with Gasteiger partial charge in [0.15, 0.2) is 0 Å². The van der Waals surface area contributed by atoms with Gasteiger partial charge in [-0.25, -0.2) is 12.8 Å². The number of H-pyrrole nitrogens is 1. The largest absolute Gasteiger partial charge is 0.396 e. The third-order valence-corrected chi connectivity index (χ3v) is 5.02. The highest BCUT2D eigenvalue weighted by molar-refractivity contribution is 7.92. The number of hydrogen-bond donors (Lipinski definition) is 3. The third kappa shape index (κ3) is 3.73. The summed E-state index contributed by atoms with van der Waals surface area (Å²) in [5.74, 6) is -0.498. The van der Waals surface area contributed by atoms with Crippen LogP contribution in [0.3, 0.4) is 0 Å². The van der Waals surface area contributed by atoms with E-state index in [-0.39, 0.29) is 18.3 Å². The minimum atomic E-state index is -3.41. The second kappa shape index (κ2) is 7.09. The van der Waals surface area contributed by atoms with Crippen LogP contribution in [-0.2, 0) is 10.0 Å². The summed E-state index contributed by atoms with van der Waals surface area (Å²) in [7, 11) is -3.41. The first-order valence-electron chi connectivity index (χ1n) is 8.25. The highest BCUT2D eigenvalue weighted by Gasteiger charge is 2.20. The van der Waals surface area contributed by atoms with E-state index in [4.69, 9.17) is 0 Å². The van der Waals surface area contributed by atoms with Gasteiger partial charge in [0, 0.05) is 24.1 Å². The van der Waals surface area contributed by atoms with Gasteiger partial charge in [-0.2, -0.15) is 0 Å². The molecule has 3 rings (SSSR count). The molecule has 0 aliphatic rings. The smallest absolute Gasteiger partial charge is 0.229 e. The number of nitrogens with one attached hydrogen (secondary N) is 2. The molecule has 0 spiro atoms. The Morgan fingerprint density at radius 3 is 2.69 bits per heavy atom. The fourth-order valence-electron chi connectivity index (χ4n) is 3.21. The van der Waals surface area contributed by atoms with Crippen molar-refractivity contribution in [1.29, 1.82) is 0 Å². The number of halogens is 1. The highest BCUT2D eigenvalue weighted by atomic mass is 32.2. The van der Waals surface area contributed by atoms with Crippen molar-refractivity contribution in [3.8, 4) is 0 Å². The molecule has 0 amide bonds. The van der Waals surface area contributed by atoms with Crippen LogP contribution in [0.15, 0.2) is 42.6 Å². The number of aliphatic hydroxyl groups is 1. The molecule has 26 heavy (non-hydrogen) atoms. The van der Waals surface area contributed by atoms with Gasteiger partial charge >= 0.3 is 0 Å². The van der Waals surface area contributed by atoms with Crippen molar-refractivity contribution >= 4 is 26.6 Å². The Bertz CT molecular complexity index is 1040. The Kier molecular flexibility index (Phi) is 5.02. The number of aromatic nitrogens is 1. The average molecular weight is 376 g/mol. The fraction of sp³-hybridized carbons (Fsp3) is 0.263. The van der Waals surface area contributed by atoms with Crippen molar-refractivity contribution in [2.75, 3.05) is 17.6 Å². The topological polar surface area (TPSA) is 82.2 Å². The molecule has 1 heterocycles. The fourth-order valence-corrected chi connectivity index (χ4v) is 3.78. The van der Waals surface area contributed by atoms with Gasteiger partial charge < -0.3 is 10.1 Å². The number of sulfonamides is 1. The zero-order chi connectivity index (χ0) is 18.9. The first-order valence-corrected chi connectivity index (χ1v) is 10.1. The van der Waals surface area contributed by atoms with Gasteiger partial charge in [-0.15, -0.1) is 0 Å². The number of anilines is 1. The molecular formula is C19H21FN2O3S. The molecule has 0 bridgehead atoms. The molecule has 0 aliphatic heterocycles. The summed E-state index contributed by atoms with van der Waals surface area (Å²) in [6.45, 7) is 1.66. The first-order chi connectivity index (χ1) is 12.3. The summed E-state index contributed by atoms with van der Waals surface area (Å²) in [4.78, 5) is 3.11. The standard InChI is InChI=1S/C19H21FN2O3S/c1-12-6-7-13(10-17(12)20)14(8-9-23)16-11-21-19-15(16)4-3-5-18(19)22-26(2,24)25/h3-7,10-11,14,21-23H,8-9H2,1-2H3. The maximum Gasteiger partial charge on any atom is 0.229 e. The van der Waals surface area contributed by atoms with Crippen molar-refractivity contribution in [1.82, 2.24) is 4.98 Å². The maximum absolute atomic E-state index is 14.0. The number of fused-ring (bicyclic) bond motifs is 1. The summed E-state index contributed by atoms with van der Waals surface area (Å²) in [6, 6.07) is 10.4. The molecule has 7 heteroatoms. The Balaban J connectivity index is 2.12. The summed E-state index contributed by atoms with van der Waals surface area (Å²) in [5, 5.41) is 10.3.